The average Bonchev–Trinajstić information content (AvgIpc) is 3.22. The first-order valence-corrected chi connectivity index (χ1v) is 8.09. The highest BCUT2D eigenvalue weighted by Gasteiger charge is 2.16. The number of hydrogen-bond donors (Lipinski definition) is 2. The fraction of sp³-hybridized carbons (Fsp3) is 0.0500. The van der Waals surface area contributed by atoms with Gasteiger partial charge in [-0.2, -0.15) is 0 Å². The number of amides is 2. The zero-order valence-electron chi connectivity index (χ0n) is 14.2. The Balaban J connectivity index is 1.62. The summed E-state index contributed by atoms with van der Waals surface area (Å²) in [5.41, 5.74) is 1.23. The molecule has 0 saturated heterocycles. The van der Waals surface area contributed by atoms with Crippen molar-refractivity contribution in [1.82, 2.24) is 0 Å². The molecular weight excluding hydrogens is 348 g/mol. The molecule has 0 aliphatic heterocycles. The van der Waals surface area contributed by atoms with E-state index in [9.17, 15) is 14.4 Å². The monoisotopic (exact) mass is 364 g/mol. The lowest BCUT2D eigenvalue weighted by atomic mass is 10.1. The molecule has 3 aromatic rings. The summed E-state index contributed by atoms with van der Waals surface area (Å²) in [6.45, 7) is -0.506. The van der Waals surface area contributed by atoms with Crippen LogP contribution in [0.1, 0.15) is 20.9 Å². The van der Waals surface area contributed by atoms with Gasteiger partial charge in [-0.15, -0.1) is 0 Å². The van der Waals surface area contributed by atoms with Crippen LogP contribution in [-0.4, -0.2) is 24.4 Å². The van der Waals surface area contributed by atoms with Crippen molar-refractivity contribution in [3.63, 3.8) is 0 Å². The predicted molar refractivity (Wildman–Crippen MR) is 98.5 cm³/mol. The first-order chi connectivity index (χ1) is 13.1. The van der Waals surface area contributed by atoms with Crippen molar-refractivity contribution in [1.29, 1.82) is 0 Å². The number of para-hydroxylation sites is 2. The summed E-state index contributed by atoms with van der Waals surface area (Å²) in [7, 11) is 0. The Morgan fingerprint density at radius 3 is 2.33 bits per heavy atom. The van der Waals surface area contributed by atoms with E-state index < -0.39 is 18.5 Å². The Bertz CT molecular complexity index is 936. The molecule has 0 aliphatic rings. The van der Waals surface area contributed by atoms with Gasteiger partial charge in [-0.25, -0.2) is 4.79 Å². The normalized spacial score (nSPS) is 10.1. The van der Waals surface area contributed by atoms with E-state index >= 15 is 0 Å². The largest absolute Gasteiger partial charge is 0.457 e. The second-order valence-electron chi connectivity index (χ2n) is 5.47. The molecule has 136 valence electrons. The van der Waals surface area contributed by atoms with Crippen molar-refractivity contribution in [2.45, 2.75) is 0 Å². The lowest BCUT2D eigenvalue weighted by Gasteiger charge is -2.11. The fourth-order valence-corrected chi connectivity index (χ4v) is 2.29. The van der Waals surface area contributed by atoms with Gasteiger partial charge in [0.2, 0.25) is 5.76 Å². The number of esters is 1. The molecule has 0 saturated carbocycles. The highest BCUT2D eigenvalue weighted by atomic mass is 16.5. The van der Waals surface area contributed by atoms with Crippen LogP contribution >= 0.6 is 0 Å². The van der Waals surface area contributed by atoms with Crippen molar-refractivity contribution in [2.75, 3.05) is 17.2 Å². The fourth-order valence-electron chi connectivity index (χ4n) is 2.29. The molecule has 2 amide bonds. The SMILES string of the molecule is O=C(COC(=O)c1ccco1)Nc1ccccc1C(=O)Nc1ccccc1. The molecule has 7 nitrogen and oxygen atoms in total. The van der Waals surface area contributed by atoms with E-state index in [1.54, 1.807) is 48.5 Å². The maximum Gasteiger partial charge on any atom is 0.374 e. The Morgan fingerprint density at radius 2 is 1.59 bits per heavy atom. The van der Waals surface area contributed by atoms with Gasteiger partial charge in [-0.3, -0.25) is 9.59 Å². The van der Waals surface area contributed by atoms with Gasteiger partial charge in [-0.05, 0) is 36.4 Å². The molecule has 0 fully saturated rings. The molecule has 3 rings (SSSR count). The van der Waals surface area contributed by atoms with Gasteiger partial charge in [0, 0.05) is 5.69 Å². The number of hydrogen-bond acceptors (Lipinski definition) is 5. The predicted octanol–water partition coefficient (Wildman–Crippen LogP) is 3.33. The third-order valence-electron chi connectivity index (χ3n) is 3.53. The van der Waals surface area contributed by atoms with Crippen molar-refractivity contribution >= 4 is 29.2 Å². The van der Waals surface area contributed by atoms with Crippen LogP contribution in [-0.2, 0) is 9.53 Å². The van der Waals surface area contributed by atoms with Crippen LogP contribution in [0.3, 0.4) is 0 Å². The summed E-state index contributed by atoms with van der Waals surface area (Å²) in [5, 5.41) is 5.32. The van der Waals surface area contributed by atoms with E-state index in [0.717, 1.165) is 0 Å². The Kier molecular flexibility index (Phi) is 5.64. The summed E-state index contributed by atoms with van der Waals surface area (Å²) >= 11 is 0. The van der Waals surface area contributed by atoms with Crippen LogP contribution < -0.4 is 10.6 Å². The molecule has 0 aliphatic carbocycles. The molecule has 1 heterocycles. The zero-order chi connectivity index (χ0) is 19.1. The van der Waals surface area contributed by atoms with Gasteiger partial charge < -0.3 is 19.8 Å². The smallest absolute Gasteiger partial charge is 0.374 e. The van der Waals surface area contributed by atoms with Crippen LogP contribution in [0, 0.1) is 0 Å². The number of ether oxygens (including phenoxy) is 1. The van der Waals surface area contributed by atoms with E-state index in [-0.39, 0.29) is 17.2 Å². The number of nitrogens with one attached hydrogen (secondary N) is 2. The van der Waals surface area contributed by atoms with E-state index in [0.29, 0.717) is 11.4 Å². The Hall–Kier alpha value is -3.87. The Labute approximate surface area is 154 Å². The van der Waals surface area contributed by atoms with Crippen LogP contribution in [0.25, 0.3) is 0 Å². The summed E-state index contributed by atoms with van der Waals surface area (Å²) in [6, 6.07) is 18.5. The highest BCUT2D eigenvalue weighted by molar-refractivity contribution is 6.10. The van der Waals surface area contributed by atoms with Gasteiger partial charge in [0.05, 0.1) is 17.5 Å². The summed E-state index contributed by atoms with van der Waals surface area (Å²) < 4.78 is 9.76. The van der Waals surface area contributed by atoms with Crippen LogP contribution in [0.5, 0.6) is 0 Å². The lowest BCUT2D eigenvalue weighted by molar-refractivity contribution is -0.119. The molecule has 0 atom stereocenters. The highest BCUT2D eigenvalue weighted by Crippen LogP contribution is 2.17. The minimum Gasteiger partial charge on any atom is -0.457 e. The molecule has 1 aromatic heterocycles. The number of carbonyl (C=O) groups is 3. The minimum atomic E-state index is -0.745. The van der Waals surface area contributed by atoms with Gasteiger partial charge >= 0.3 is 5.97 Å². The first-order valence-electron chi connectivity index (χ1n) is 8.09. The molecule has 2 aromatic carbocycles. The van der Waals surface area contributed by atoms with Crippen molar-refractivity contribution < 1.29 is 23.5 Å². The first kappa shape index (κ1) is 17.9. The number of anilines is 2. The van der Waals surface area contributed by atoms with Crippen LogP contribution in [0.2, 0.25) is 0 Å². The minimum absolute atomic E-state index is 0.00504. The quantitative estimate of drug-likeness (QED) is 0.654. The van der Waals surface area contributed by atoms with Crippen molar-refractivity contribution in [2.24, 2.45) is 0 Å². The molecule has 2 N–H and O–H groups in total. The maximum atomic E-state index is 12.5. The second kappa shape index (κ2) is 8.48. The van der Waals surface area contributed by atoms with Crippen LogP contribution in [0.15, 0.2) is 77.4 Å². The Morgan fingerprint density at radius 1 is 0.852 bits per heavy atom. The zero-order valence-corrected chi connectivity index (χ0v) is 14.2. The van der Waals surface area contributed by atoms with Gasteiger partial charge in [0.25, 0.3) is 11.8 Å². The molecule has 0 bridgehead atoms. The summed E-state index contributed by atoms with van der Waals surface area (Å²) in [5.74, 6) is -1.68. The second-order valence-corrected chi connectivity index (χ2v) is 5.47. The molecule has 7 heteroatoms. The summed E-state index contributed by atoms with van der Waals surface area (Å²) in [6.07, 6.45) is 1.33. The maximum absolute atomic E-state index is 12.5. The van der Waals surface area contributed by atoms with Gasteiger partial charge in [-0.1, -0.05) is 30.3 Å². The third kappa shape index (κ3) is 4.82. The molecule has 0 unspecified atom stereocenters. The molecular formula is C20H16N2O5. The van der Waals surface area contributed by atoms with Gasteiger partial charge in [0.1, 0.15) is 0 Å². The standard InChI is InChI=1S/C20H16N2O5/c23-18(13-27-20(25)17-11-6-12-26-17)22-16-10-5-4-9-15(16)19(24)21-14-7-2-1-3-8-14/h1-12H,13H2,(H,21,24)(H,22,23). The third-order valence-corrected chi connectivity index (χ3v) is 3.53. The van der Waals surface area contributed by atoms with Crippen molar-refractivity contribution in [3.8, 4) is 0 Å². The number of carbonyl (C=O) groups excluding carboxylic acids is 3. The number of rotatable bonds is 6. The molecule has 0 radical (unpaired) electrons. The van der Waals surface area contributed by atoms with E-state index in [4.69, 9.17) is 9.15 Å². The summed E-state index contributed by atoms with van der Waals surface area (Å²) in [4.78, 5) is 36.2. The van der Waals surface area contributed by atoms with Crippen LogP contribution in [0.4, 0.5) is 11.4 Å². The average molecular weight is 364 g/mol. The lowest BCUT2D eigenvalue weighted by Crippen LogP contribution is -2.23. The molecule has 27 heavy (non-hydrogen) atoms. The topological polar surface area (TPSA) is 97.6 Å². The van der Waals surface area contributed by atoms with E-state index in [2.05, 4.69) is 10.6 Å². The van der Waals surface area contributed by atoms with Gasteiger partial charge in [0.15, 0.2) is 6.61 Å². The van der Waals surface area contributed by atoms with Crippen molar-refractivity contribution in [3.05, 3.63) is 84.3 Å². The van der Waals surface area contributed by atoms with E-state index in [1.807, 2.05) is 6.07 Å². The number of benzene rings is 2. The molecule has 0 spiro atoms. The van der Waals surface area contributed by atoms with E-state index in [1.165, 1.54) is 18.4 Å². The number of furan rings is 1.